The van der Waals surface area contributed by atoms with Crippen LogP contribution in [0.25, 0.3) is 0 Å². The molecular formula is C20H26. The van der Waals surface area contributed by atoms with E-state index in [1.807, 2.05) is 0 Å². The number of hydrogen-bond donors (Lipinski definition) is 0. The third-order valence-corrected chi connectivity index (χ3v) is 4.41. The maximum absolute atomic E-state index is 2.37. The Balaban J connectivity index is 2.25. The first kappa shape index (κ1) is 14.8. The van der Waals surface area contributed by atoms with Crippen molar-refractivity contribution in [1.82, 2.24) is 0 Å². The molecule has 1 unspecified atom stereocenters. The minimum absolute atomic E-state index is 0.201. The van der Waals surface area contributed by atoms with Crippen LogP contribution in [0, 0.1) is 13.8 Å². The van der Waals surface area contributed by atoms with Gasteiger partial charge in [-0.15, -0.1) is 0 Å². The van der Waals surface area contributed by atoms with Gasteiger partial charge in [0.15, 0.2) is 0 Å². The SMILES string of the molecule is Cc1ccccc1C(C)CC(C)(C)c1ccccc1C. The van der Waals surface area contributed by atoms with Gasteiger partial charge in [0.2, 0.25) is 0 Å². The Morgan fingerprint density at radius 2 is 1.40 bits per heavy atom. The van der Waals surface area contributed by atoms with Gasteiger partial charge in [-0.2, -0.15) is 0 Å². The molecular weight excluding hydrogens is 240 g/mol. The first-order chi connectivity index (χ1) is 9.42. The van der Waals surface area contributed by atoms with Crippen LogP contribution in [0.1, 0.15) is 55.4 Å². The van der Waals surface area contributed by atoms with E-state index in [4.69, 9.17) is 0 Å². The molecule has 2 aromatic carbocycles. The van der Waals surface area contributed by atoms with Gasteiger partial charge in [-0.25, -0.2) is 0 Å². The van der Waals surface area contributed by atoms with Gasteiger partial charge in [0, 0.05) is 0 Å². The Bertz CT molecular complexity index is 578. The van der Waals surface area contributed by atoms with Crippen molar-refractivity contribution in [3.05, 3.63) is 70.8 Å². The lowest BCUT2D eigenvalue weighted by molar-refractivity contribution is 0.436. The monoisotopic (exact) mass is 266 g/mol. The van der Waals surface area contributed by atoms with Crippen molar-refractivity contribution in [1.29, 1.82) is 0 Å². The van der Waals surface area contributed by atoms with Gasteiger partial charge in [0.05, 0.1) is 0 Å². The molecule has 0 aliphatic rings. The summed E-state index contributed by atoms with van der Waals surface area (Å²) in [6, 6.07) is 17.5. The second-order valence-corrected chi connectivity index (χ2v) is 6.66. The molecule has 2 rings (SSSR count). The van der Waals surface area contributed by atoms with Crippen molar-refractivity contribution in [3.63, 3.8) is 0 Å². The van der Waals surface area contributed by atoms with Crippen LogP contribution >= 0.6 is 0 Å². The molecule has 0 aliphatic heterocycles. The van der Waals surface area contributed by atoms with Crippen LogP contribution in [0.5, 0.6) is 0 Å². The van der Waals surface area contributed by atoms with Crippen molar-refractivity contribution in [2.75, 3.05) is 0 Å². The predicted octanol–water partition coefficient (Wildman–Crippen LogP) is 5.77. The molecule has 0 heterocycles. The van der Waals surface area contributed by atoms with Crippen LogP contribution in [-0.2, 0) is 5.41 Å². The second kappa shape index (κ2) is 5.83. The normalized spacial score (nSPS) is 13.2. The molecule has 0 fully saturated rings. The molecule has 1 atom stereocenters. The smallest absolute Gasteiger partial charge is 0.00952 e. The van der Waals surface area contributed by atoms with E-state index in [1.165, 1.54) is 28.7 Å². The largest absolute Gasteiger partial charge is 0.0620 e. The molecule has 0 bridgehead atoms. The molecule has 0 heteroatoms. The molecule has 0 aliphatic carbocycles. The van der Waals surface area contributed by atoms with E-state index in [0.717, 1.165) is 0 Å². The molecule has 0 N–H and O–H groups in total. The fourth-order valence-corrected chi connectivity index (χ4v) is 3.46. The summed E-state index contributed by atoms with van der Waals surface area (Å²) in [4.78, 5) is 0. The van der Waals surface area contributed by atoms with Crippen molar-refractivity contribution in [3.8, 4) is 0 Å². The Kier molecular flexibility index (Phi) is 4.32. The Morgan fingerprint density at radius 1 is 0.850 bits per heavy atom. The van der Waals surface area contributed by atoms with Gasteiger partial charge in [-0.3, -0.25) is 0 Å². The van der Waals surface area contributed by atoms with Gasteiger partial charge in [-0.1, -0.05) is 69.3 Å². The fourth-order valence-electron chi connectivity index (χ4n) is 3.46. The average Bonchev–Trinajstić information content (AvgIpc) is 2.38. The standard InChI is InChI=1S/C20H26/c1-15-10-6-8-12-18(15)17(3)14-20(4,5)19-13-9-7-11-16(19)2/h6-13,17H,14H2,1-5H3. The third-order valence-electron chi connectivity index (χ3n) is 4.41. The maximum Gasteiger partial charge on any atom is -0.00952 e. The topological polar surface area (TPSA) is 0 Å². The van der Waals surface area contributed by atoms with Crippen LogP contribution in [-0.4, -0.2) is 0 Å². The summed E-state index contributed by atoms with van der Waals surface area (Å²) in [7, 11) is 0. The highest BCUT2D eigenvalue weighted by Gasteiger charge is 2.25. The highest BCUT2D eigenvalue weighted by atomic mass is 14.3. The number of rotatable bonds is 4. The molecule has 0 spiro atoms. The van der Waals surface area contributed by atoms with Crippen LogP contribution < -0.4 is 0 Å². The first-order valence-corrected chi connectivity index (χ1v) is 7.53. The molecule has 106 valence electrons. The Morgan fingerprint density at radius 3 is 2.00 bits per heavy atom. The van der Waals surface area contributed by atoms with Crippen molar-refractivity contribution in [2.24, 2.45) is 0 Å². The van der Waals surface area contributed by atoms with Gasteiger partial charge >= 0.3 is 0 Å². The van der Waals surface area contributed by atoms with E-state index < -0.39 is 0 Å². The van der Waals surface area contributed by atoms with Crippen LogP contribution in [0.15, 0.2) is 48.5 Å². The van der Waals surface area contributed by atoms with Gasteiger partial charge in [0.25, 0.3) is 0 Å². The zero-order chi connectivity index (χ0) is 14.8. The highest BCUT2D eigenvalue weighted by Crippen LogP contribution is 2.36. The predicted molar refractivity (Wildman–Crippen MR) is 88.4 cm³/mol. The number of aryl methyl sites for hydroxylation is 2. The molecule has 0 nitrogen and oxygen atoms in total. The quantitative estimate of drug-likeness (QED) is 0.658. The van der Waals surface area contributed by atoms with E-state index in [9.17, 15) is 0 Å². The molecule has 0 saturated heterocycles. The summed E-state index contributed by atoms with van der Waals surface area (Å²) < 4.78 is 0. The van der Waals surface area contributed by atoms with E-state index in [1.54, 1.807) is 0 Å². The van der Waals surface area contributed by atoms with Crippen molar-refractivity contribution < 1.29 is 0 Å². The van der Waals surface area contributed by atoms with E-state index in [-0.39, 0.29) is 5.41 Å². The summed E-state index contributed by atoms with van der Waals surface area (Å²) in [5.74, 6) is 0.575. The lowest BCUT2D eigenvalue weighted by Gasteiger charge is -2.31. The average molecular weight is 266 g/mol. The third kappa shape index (κ3) is 3.12. The van der Waals surface area contributed by atoms with E-state index in [2.05, 4.69) is 83.1 Å². The Hall–Kier alpha value is -1.56. The van der Waals surface area contributed by atoms with Crippen LogP contribution in [0.2, 0.25) is 0 Å². The zero-order valence-electron chi connectivity index (χ0n) is 13.4. The summed E-state index contributed by atoms with van der Waals surface area (Å²) >= 11 is 0. The lowest BCUT2D eigenvalue weighted by Crippen LogP contribution is -2.21. The minimum Gasteiger partial charge on any atom is -0.0620 e. The summed E-state index contributed by atoms with van der Waals surface area (Å²) in [5, 5.41) is 0. The molecule has 0 radical (unpaired) electrons. The van der Waals surface area contributed by atoms with Gasteiger partial charge < -0.3 is 0 Å². The van der Waals surface area contributed by atoms with Gasteiger partial charge in [-0.05, 0) is 53.9 Å². The van der Waals surface area contributed by atoms with Crippen molar-refractivity contribution >= 4 is 0 Å². The van der Waals surface area contributed by atoms with E-state index in [0.29, 0.717) is 5.92 Å². The lowest BCUT2D eigenvalue weighted by atomic mass is 9.74. The Labute approximate surface area is 123 Å². The van der Waals surface area contributed by atoms with Crippen molar-refractivity contribution in [2.45, 2.75) is 52.4 Å². The number of benzene rings is 2. The highest BCUT2D eigenvalue weighted by molar-refractivity contribution is 5.34. The summed E-state index contributed by atoms with van der Waals surface area (Å²) in [5.41, 5.74) is 5.96. The molecule has 0 amide bonds. The molecule has 0 aromatic heterocycles. The molecule has 2 aromatic rings. The van der Waals surface area contributed by atoms with Gasteiger partial charge in [0.1, 0.15) is 0 Å². The summed E-state index contributed by atoms with van der Waals surface area (Å²) in [6.07, 6.45) is 1.17. The molecule has 20 heavy (non-hydrogen) atoms. The minimum atomic E-state index is 0.201. The van der Waals surface area contributed by atoms with Crippen LogP contribution in [0.3, 0.4) is 0 Å². The molecule has 0 saturated carbocycles. The maximum atomic E-state index is 2.37. The van der Waals surface area contributed by atoms with E-state index >= 15 is 0 Å². The number of hydrogen-bond acceptors (Lipinski definition) is 0. The summed E-state index contributed by atoms with van der Waals surface area (Å²) in [6.45, 7) is 11.5. The van der Waals surface area contributed by atoms with Crippen LogP contribution in [0.4, 0.5) is 0 Å². The second-order valence-electron chi connectivity index (χ2n) is 6.66. The fraction of sp³-hybridized carbons (Fsp3) is 0.400. The zero-order valence-corrected chi connectivity index (χ0v) is 13.4. The first-order valence-electron chi connectivity index (χ1n) is 7.53.